The molecule has 1 heterocycles. The van der Waals surface area contributed by atoms with E-state index in [1.165, 1.54) is 0 Å². The lowest BCUT2D eigenvalue weighted by Gasteiger charge is -2.12. The average molecular weight is 203 g/mol. The molecule has 0 fully saturated rings. The van der Waals surface area contributed by atoms with Gasteiger partial charge in [-0.05, 0) is 17.0 Å². The van der Waals surface area contributed by atoms with Crippen LogP contribution in [0.15, 0.2) is 36.7 Å². The number of fused-ring (bicyclic) bond motifs is 1. The topological polar surface area (TPSA) is 42.4 Å². The number of rotatable bonds is 3. The van der Waals surface area contributed by atoms with Gasteiger partial charge in [-0.2, -0.15) is 0 Å². The number of aliphatic hydroxyl groups excluding tert-OH is 1. The zero-order valence-corrected chi connectivity index (χ0v) is 8.55. The van der Waals surface area contributed by atoms with E-state index >= 15 is 0 Å². The summed E-state index contributed by atoms with van der Waals surface area (Å²) in [7, 11) is 1.58. The monoisotopic (exact) mass is 203 g/mol. The van der Waals surface area contributed by atoms with Gasteiger partial charge in [0.15, 0.2) is 0 Å². The van der Waals surface area contributed by atoms with Gasteiger partial charge in [0.05, 0.1) is 6.61 Å². The molecule has 1 aromatic heterocycles. The highest BCUT2D eigenvalue weighted by molar-refractivity contribution is 5.85. The summed E-state index contributed by atoms with van der Waals surface area (Å²) in [6, 6.07) is 7.75. The fraction of sp³-hybridized carbons (Fsp3) is 0.250. The van der Waals surface area contributed by atoms with Gasteiger partial charge in [-0.25, -0.2) is 0 Å². The van der Waals surface area contributed by atoms with Gasteiger partial charge in [-0.1, -0.05) is 18.2 Å². The first kappa shape index (κ1) is 10.1. The van der Waals surface area contributed by atoms with Gasteiger partial charge in [0.25, 0.3) is 0 Å². The van der Waals surface area contributed by atoms with Crippen LogP contribution in [0.5, 0.6) is 0 Å². The second kappa shape index (κ2) is 4.38. The number of pyridine rings is 1. The Morgan fingerprint density at radius 1 is 1.40 bits per heavy atom. The van der Waals surface area contributed by atoms with Crippen molar-refractivity contribution in [1.82, 2.24) is 4.98 Å². The molecule has 3 heteroatoms. The summed E-state index contributed by atoms with van der Waals surface area (Å²) in [6.45, 7) is 0.300. The normalized spacial score (nSPS) is 12.9. The standard InChI is InChI=1S/C12H13NO2/c1-15-8-12(14)10-4-2-3-9-5-6-13-7-11(9)10/h2-7,12,14H,8H2,1H3. The van der Waals surface area contributed by atoms with Crippen molar-refractivity contribution in [3.8, 4) is 0 Å². The van der Waals surface area contributed by atoms with Gasteiger partial charge in [0, 0.05) is 24.9 Å². The molecule has 0 bridgehead atoms. The molecule has 1 atom stereocenters. The van der Waals surface area contributed by atoms with E-state index in [-0.39, 0.29) is 0 Å². The molecule has 1 N–H and O–H groups in total. The summed E-state index contributed by atoms with van der Waals surface area (Å²) in [5, 5.41) is 11.9. The van der Waals surface area contributed by atoms with Gasteiger partial charge in [-0.15, -0.1) is 0 Å². The van der Waals surface area contributed by atoms with Crippen LogP contribution in [0.2, 0.25) is 0 Å². The number of hydrogen-bond donors (Lipinski definition) is 1. The minimum absolute atomic E-state index is 0.300. The first-order valence-corrected chi connectivity index (χ1v) is 4.82. The van der Waals surface area contributed by atoms with Gasteiger partial charge in [0.1, 0.15) is 6.10 Å². The second-order valence-electron chi connectivity index (χ2n) is 3.42. The molecule has 78 valence electrons. The second-order valence-corrected chi connectivity index (χ2v) is 3.42. The van der Waals surface area contributed by atoms with Crippen LogP contribution in [0, 0.1) is 0 Å². The maximum Gasteiger partial charge on any atom is 0.103 e. The fourth-order valence-corrected chi connectivity index (χ4v) is 1.68. The molecule has 0 amide bonds. The summed E-state index contributed by atoms with van der Waals surface area (Å²) >= 11 is 0. The lowest BCUT2D eigenvalue weighted by atomic mass is 10.0. The molecule has 1 unspecified atom stereocenters. The van der Waals surface area contributed by atoms with Crippen molar-refractivity contribution in [3.63, 3.8) is 0 Å². The molecule has 0 radical (unpaired) electrons. The molecule has 0 spiro atoms. The summed E-state index contributed by atoms with van der Waals surface area (Å²) in [5.74, 6) is 0. The molecule has 0 aliphatic rings. The average Bonchev–Trinajstić information content (AvgIpc) is 2.28. The third-order valence-electron chi connectivity index (χ3n) is 2.40. The van der Waals surface area contributed by atoms with Crippen molar-refractivity contribution < 1.29 is 9.84 Å². The zero-order valence-electron chi connectivity index (χ0n) is 8.55. The lowest BCUT2D eigenvalue weighted by molar-refractivity contribution is 0.0653. The molecule has 0 saturated heterocycles. The van der Waals surface area contributed by atoms with Crippen LogP contribution < -0.4 is 0 Å². The van der Waals surface area contributed by atoms with E-state index in [1.807, 2.05) is 24.3 Å². The fourth-order valence-electron chi connectivity index (χ4n) is 1.68. The van der Waals surface area contributed by atoms with Crippen molar-refractivity contribution in [2.45, 2.75) is 6.10 Å². The molecule has 0 saturated carbocycles. The van der Waals surface area contributed by atoms with Crippen LogP contribution in [0.3, 0.4) is 0 Å². The SMILES string of the molecule is COCC(O)c1cccc2ccncc12. The number of methoxy groups -OCH3 is 1. The Labute approximate surface area is 88.3 Å². The Bertz CT molecular complexity index is 451. The van der Waals surface area contributed by atoms with Crippen LogP contribution in [-0.4, -0.2) is 23.8 Å². The highest BCUT2D eigenvalue weighted by atomic mass is 16.5. The van der Waals surface area contributed by atoms with Crippen LogP contribution in [0.25, 0.3) is 10.8 Å². The molecular weight excluding hydrogens is 190 g/mol. The molecule has 2 aromatic rings. The zero-order chi connectivity index (χ0) is 10.7. The lowest BCUT2D eigenvalue weighted by Crippen LogP contribution is -2.05. The minimum Gasteiger partial charge on any atom is -0.386 e. The molecule has 3 nitrogen and oxygen atoms in total. The Morgan fingerprint density at radius 2 is 2.27 bits per heavy atom. The van der Waals surface area contributed by atoms with E-state index in [4.69, 9.17) is 4.74 Å². The summed E-state index contributed by atoms with van der Waals surface area (Å²) < 4.78 is 4.94. The van der Waals surface area contributed by atoms with Crippen molar-refractivity contribution in [3.05, 3.63) is 42.2 Å². The molecule has 0 aliphatic carbocycles. The van der Waals surface area contributed by atoms with Gasteiger partial charge in [-0.3, -0.25) is 4.98 Å². The van der Waals surface area contributed by atoms with E-state index in [2.05, 4.69) is 4.98 Å². The van der Waals surface area contributed by atoms with E-state index < -0.39 is 6.10 Å². The summed E-state index contributed by atoms with van der Waals surface area (Å²) in [6.07, 6.45) is 2.92. The van der Waals surface area contributed by atoms with Crippen LogP contribution in [-0.2, 0) is 4.74 Å². The maximum absolute atomic E-state index is 9.87. The maximum atomic E-state index is 9.87. The van der Waals surface area contributed by atoms with Crippen molar-refractivity contribution in [1.29, 1.82) is 0 Å². The Hall–Kier alpha value is -1.45. The Kier molecular flexibility index (Phi) is 2.94. The molecular formula is C12H13NO2. The molecule has 2 rings (SSSR count). The van der Waals surface area contributed by atoms with E-state index in [0.717, 1.165) is 16.3 Å². The number of ether oxygens (including phenoxy) is 1. The number of aliphatic hydroxyl groups is 1. The number of benzene rings is 1. The van der Waals surface area contributed by atoms with E-state index in [0.29, 0.717) is 6.61 Å². The summed E-state index contributed by atoms with van der Waals surface area (Å²) in [5.41, 5.74) is 0.863. The predicted octanol–water partition coefficient (Wildman–Crippen LogP) is 1.91. The van der Waals surface area contributed by atoms with Crippen LogP contribution in [0.4, 0.5) is 0 Å². The molecule has 15 heavy (non-hydrogen) atoms. The molecule has 0 aliphatic heterocycles. The Morgan fingerprint density at radius 3 is 3.07 bits per heavy atom. The number of hydrogen-bond acceptors (Lipinski definition) is 3. The third-order valence-corrected chi connectivity index (χ3v) is 2.40. The molecule has 1 aromatic carbocycles. The highest BCUT2D eigenvalue weighted by Crippen LogP contribution is 2.23. The van der Waals surface area contributed by atoms with E-state index in [1.54, 1.807) is 19.5 Å². The first-order chi connectivity index (χ1) is 7.33. The third kappa shape index (κ3) is 1.98. The quantitative estimate of drug-likeness (QED) is 0.828. The van der Waals surface area contributed by atoms with Gasteiger partial charge in [0.2, 0.25) is 0 Å². The number of nitrogens with zero attached hydrogens (tertiary/aromatic N) is 1. The highest BCUT2D eigenvalue weighted by Gasteiger charge is 2.10. The van der Waals surface area contributed by atoms with E-state index in [9.17, 15) is 5.11 Å². The van der Waals surface area contributed by atoms with Crippen molar-refractivity contribution in [2.24, 2.45) is 0 Å². The van der Waals surface area contributed by atoms with Crippen LogP contribution in [0.1, 0.15) is 11.7 Å². The predicted molar refractivity (Wildman–Crippen MR) is 58.6 cm³/mol. The van der Waals surface area contributed by atoms with Gasteiger partial charge >= 0.3 is 0 Å². The number of aromatic nitrogens is 1. The minimum atomic E-state index is -0.595. The summed E-state index contributed by atoms with van der Waals surface area (Å²) in [4.78, 5) is 4.06. The van der Waals surface area contributed by atoms with Gasteiger partial charge < -0.3 is 9.84 Å². The smallest absolute Gasteiger partial charge is 0.103 e. The Balaban J connectivity index is 2.50. The van der Waals surface area contributed by atoms with Crippen molar-refractivity contribution >= 4 is 10.8 Å². The van der Waals surface area contributed by atoms with Crippen molar-refractivity contribution in [2.75, 3.05) is 13.7 Å². The first-order valence-electron chi connectivity index (χ1n) is 4.82. The largest absolute Gasteiger partial charge is 0.386 e. The van der Waals surface area contributed by atoms with Crippen LogP contribution >= 0.6 is 0 Å².